The average Bonchev–Trinajstić information content (AvgIpc) is 2.60. The first-order chi connectivity index (χ1) is 11.6. The number of rotatable bonds is 5. The Morgan fingerprint density at radius 2 is 2.00 bits per heavy atom. The van der Waals surface area contributed by atoms with Crippen LogP contribution in [-0.2, 0) is 17.9 Å². The van der Waals surface area contributed by atoms with Gasteiger partial charge < -0.3 is 5.32 Å². The molecule has 122 valence electrons. The Morgan fingerprint density at radius 3 is 2.83 bits per heavy atom. The minimum absolute atomic E-state index is 0.0837. The van der Waals surface area contributed by atoms with E-state index in [0.29, 0.717) is 23.5 Å². The Kier molecular flexibility index (Phi) is 4.91. The molecule has 0 bridgehead atoms. The molecule has 0 radical (unpaired) electrons. The van der Waals surface area contributed by atoms with E-state index in [9.17, 15) is 9.59 Å². The summed E-state index contributed by atoms with van der Waals surface area (Å²) in [5.41, 5.74) is 1.56. The van der Waals surface area contributed by atoms with Crippen LogP contribution in [0.3, 0.4) is 0 Å². The monoisotopic (exact) mass is 341 g/mol. The maximum Gasteiger partial charge on any atom is 0.222 e. The molecule has 1 N–H and O–H groups in total. The number of amides is 1. The van der Waals surface area contributed by atoms with E-state index in [0.717, 1.165) is 11.1 Å². The van der Waals surface area contributed by atoms with Gasteiger partial charge in [0.25, 0.3) is 0 Å². The highest BCUT2D eigenvalue weighted by Gasteiger charge is 2.06. The number of fused-ring (bicyclic) bond motifs is 1. The van der Waals surface area contributed by atoms with Crippen LogP contribution in [-0.4, -0.2) is 15.7 Å². The Hall–Kier alpha value is -2.66. The maximum atomic E-state index is 12.0. The molecule has 0 saturated carbocycles. The van der Waals surface area contributed by atoms with Crippen molar-refractivity contribution in [2.75, 3.05) is 0 Å². The lowest BCUT2D eigenvalue weighted by atomic mass is 10.2. The minimum Gasteiger partial charge on any atom is -0.352 e. The summed E-state index contributed by atoms with van der Waals surface area (Å²) in [6, 6.07) is 14.6. The molecule has 0 aliphatic carbocycles. The fourth-order valence-corrected chi connectivity index (χ4v) is 2.70. The highest BCUT2D eigenvalue weighted by Crippen LogP contribution is 2.11. The smallest absolute Gasteiger partial charge is 0.222 e. The molecule has 0 atom stereocenters. The number of carbonyl (C=O) groups is 1. The van der Waals surface area contributed by atoms with Crippen molar-refractivity contribution in [3.05, 3.63) is 75.5 Å². The third kappa shape index (κ3) is 3.81. The van der Waals surface area contributed by atoms with Crippen LogP contribution in [0.25, 0.3) is 10.9 Å². The number of halogens is 1. The van der Waals surface area contributed by atoms with Crippen LogP contribution in [0, 0.1) is 0 Å². The summed E-state index contributed by atoms with van der Waals surface area (Å²) < 4.78 is 1.68. The average molecular weight is 342 g/mol. The molecule has 2 aromatic carbocycles. The zero-order chi connectivity index (χ0) is 16.9. The molecule has 1 amide bonds. The van der Waals surface area contributed by atoms with Crippen molar-refractivity contribution in [1.29, 1.82) is 0 Å². The number of hydrogen-bond donors (Lipinski definition) is 1. The van der Waals surface area contributed by atoms with E-state index in [1.165, 1.54) is 6.20 Å². The number of carbonyl (C=O) groups excluding carboxylic acids is 1. The Morgan fingerprint density at radius 1 is 1.17 bits per heavy atom. The molecule has 0 unspecified atom stereocenters. The molecule has 0 aliphatic rings. The lowest BCUT2D eigenvalue weighted by molar-refractivity contribution is -0.121. The molecule has 24 heavy (non-hydrogen) atoms. The summed E-state index contributed by atoms with van der Waals surface area (Å²) in [7, 11) is 0. The van der Waals surface area contributed by atoms with Gasteiger partial charge in [0.1, 0.15) is 0 Å². The summed E-state index contributed by atoms with van der Waals surface area (Å²) in [6.45, 7) is 0.833. The van der Waals surface area contributed by atoms with E-state index in [-0.39, 0.29) is 17.8 Å². The quantitative estimate of drug-likeness (QED) is 0.776. The number of aromatic nitrogens is 2. The highest BCUT2D eigenvalue weighted by atomic mass is 35.5. The molecule has 0 aliphatic heterocycles. The fraction of sp³-hybridized carbons (Fsp3) is 0.167. The second-order valence-electron chi connectivity index (χ2n) is 5.41. The van der Waals surface area contributed by atoms with E-state index in [1.807, 2.05) is 36.4 Å². The van der Waals surface area contributed by atoms with Crippen LogP contribution in [0.15, 0.2) is 59.5 Å². The van der Waals surface area contributed by atoms with E-state index in [4.69, 9.17) is 11.6 Å². The Balaban J connectivity index is 1.63. The van der Waals surface area contributed by atoms with Gasteiger partial charge in [0.05, 0.1) is 18.3 Å². The van der Waals surface area contributed by atoms with Crippen molar-refractivity contribution in [3.63, 3.8) is 0 Å². The van der Waals surface area contributed by atoms with Crippen LogP contribution in [0.2, 0.25) is 5.02 Å². The zero-order valence-corrected chi connectivity index (χ0v) is 13.7. The predicted octanol–water partition coefficient (Wildman–Crippen LogP) is 2.76. The van der Waals surface area contributed by atoms with Gasteiger partial charge in [0, 0.05) is 23.4 Å². The highest BCUT2D eigenvalue weighted by molar-refractivity contribution is 6.30. The number of aryl methyl sites for hydroxylation is 1. The van der Waals surface area contributed by atoms with Crippen molar-refractivity contribution < 1.29 is 4.79 Å². The van der Waals surface area contributed by atoms with Crippen molar-refractivity contribution in [3.8, 4) is 0 Å². The molecule has 0 spiro atoms. The first-order valence-electron chi connectivity index (χ1n) is 7.59. The maximum absolute atomic E-state index is 12.0. The van der Waals surface area contributed by atoms with Crippen molar-refractivity contribution in [2.24, 2.45) is 0 Å². The molecule has 1 aromatic heterocycles. The second-order valence-corrected chi connectivity index (χ2v) is 5.84. The van der Waals surface area contributed by atoms with Crippen LogP contribution in [0.4, 0.5) is 0 Å². The first-order valence-corrected chi connectivity index (χ1v) is 7.97. The van der Waals surface area contributed by atoms with E-state index in [2.05, 4.69) is 10.4 Å². The lowest BCUT2D eigenvalue weighted by Crippen LogP contribution is -2.24. The van der Waals surface area contributed by atoms with Crippen molar-refractivity contribution in [2.45, 2.75) is 19.5 Å². The molecular formula is C18H16ClN3O2. The minimum atomic E-state index is -0.118. The molecule has 6 heteroatoms. The number of nitrogens with zero attached hydrogens (tertiary/aromatic N) is 2. The molecule has 3 rings (SSSR count). The van der Waals surface area contributed by atoms with Gasteiger partial charge in [-0.05, 0) is 29.8 Å². The van der Waals surface area contributed by atoms with Gasteiger partial charge in [0.2, 0.25) is 11.3 Å². The first kappa shape index (κ1) is 16.2. The number of hydrogen-bond acceptors (Lipinski definition) is 3. The van der Waals surface area contributed by atoms with Gasteiger partial charge in [-0.15, -0.1) is 0 Å². The summed E-state index contributed by atoms with van der Waals surface area (Å²) in [5, 5.41) is 8.22. The molecular weight excluding hydrogens is 326 g/mol. The molecule has 0 fully saturated rings. The van der Waals surface area contributed by atoms with E-state index < -0.39 is 0 Å². The summed E-state index contributed by atoms with van der Waals surface area (Å²) >= 11 is 5.92. The SMILES string of the molecule is O=C(CCn1ncc(=O)c2ccccc21)NCc1cccc(Cl)c1. The van der Waals surface area contributed by atoms with Crippen LogP contribution >= 0.6 is 11.6 Å². The van der Waals surface area contributed by atoms with Crippen molar-refractivity contribution >= 4 is 28.4 Å². The topological polar surface area (TPSA) is 64.0 Å². The normalized spacial score (nSPS) is 10.7. The lowest BCUT2D eigenvalue weighted by Gasteiger charge is -2.09. The zero-order valence-electron chi connectivity index (χ0n) is 12.9. The number of benzene rings is 2. The third-order valence-electron chi connectivity index (χ3n) is 3.69. The summed E-state index contributed by atoms with van der Waals surface area (Å²) in [5.74, 6) is -0.0837. The molecule has 1 heterocycles. The van der Waals surface area contributed by atoms with Gasteiger partial charge in [-0.2, -0.15) is 5.10 Å². The molecule has 5 nitrogen and oxygen atoms in total. The van der Waals surface area contributed by atoms with Crippen LogP contribution < -0.4 is 10.7 Å². The largest absolute Gasteiger partial charge is 0.352 e. The number of para-hydroxylation sites is 1. The van der Waals surface area contributed by atoms with Gasteiger partial charge in [-0.1, -0.05) is 35.9 Å². The van der Waals surface area contributed by atoms with E-state index >= 15 is 0 Å². The standard InChI is InChI=1S/C18H16ClN3O2/c19-14-5-3-4-13(10-14)11-20-18(24)8-9-22-16-7-2-1-6-15(16)17(23)12-21-22/h1-7,10,12H,8-9,11H2,(H,20,24). The predicted molar refractivity (Wildman–Crippen MR) is 93.9 cm³/mol. The second kappa shape index (κ2) is 7.27. The number of nitrogens with one attached hydrogen (secondary N) is 1. The van der Waals surface area contributed by atoms with Gasteiger partial charge in [-0.25, -0.2) is 0 Å². The van der Waals surface area contributed by atoms with Gasteiger partial charge in [0.15, 0.2) is 0 Å². The van der Waals surface area contributed by atoms with Crippen molar-refractivity contribution in [1.82, 2.24) is 15.1 Å². The third-order valence-corrected chi connectivity index (χ3v) is 3.93. The van der Waals surface area contributed by atoms with Gasteiger partial charge in [-0.3, -0.25) is 14.3 Å². The Bertz CT molecular complexity index is 937. The summed E-state index contributed by atoms with van der Waals surface area (Å²) in [4.78, 5) is 23.8. The Labute approximate surface area is 143 Å². The molecule has 3 aromatic rings. The molecule has 0 saturated heterocycles. The summed E-state index contributed by atoms with van der Waals surface area (Å²) in [6.07, 6.45) is 1.56. The van der Waals surface area contributed by atoms with E-state index in [1.54, 1.807) is 16.8 Å². The fourth-order valence-electron chi connectivity index (χ4n) is 2.48. The van der Waals surface area contributed by atoms with Gasteiger partial charge >= 0.3 is 0 Å². The van der Waals surface area contributed by atoms with Crippen LogP contribution in [0.1, 0.15) is 12.0 Å². The van der Waals surface area contributed by atoms with Crippen LogP contribution in [0.5, 0.6) is 0 Å².